The Bertz CT molecular complexity index is 488. The Kier molecular flexibility index (Phi) is 4.62. The van der Waals surface area contributed by atoms with Gasteiger partial charge in [-0.15, -0.1) is 0 Å². The number of ether oxygens (including phenoxy) is 1. The molecule has 1 aromatic rings. The summed E-state index contributed by atoms with van der Waals surface area (Å²) >= 11 is 0. The number of anilines is 1. The summed E-state index contributed by atoms with van der Waals surface area (Å²) in [5.41, 5.74) is 7.53. The van der Waals surface area contributed by atoms with Gasteiger partial charge >= 0.3 is 0 Å². The van der Waals surface area contributed by atoms with Crippen LogP contribution >= 0.6 is 0 Å². The molecule has 5 heteroatoms. The molecule has 0 bridgehead atoms. The normalized spacial score (nSPS) is 18.1. The molecule has 20 heavy (non-hydrogen) atoms. The van der Waals surface area contributed by atoms with Crippen LogP contribution in [0, 0.1) is 0 Å². The van der Waals surface area contributed by atoms with Gasteiger partial charge in [-0.1, -0.05) is 13.0 Å². The Labute approximate surface area is 120 Å². The molecule has 1 aliphatic rings. The Hall–Kier alpha value is -1.59. The molecule has 1 amide bonds. The number of carbonyl (C=O) groups excluding carboxylic acids is 1. The van der Waals surface area contributed by atoms with E-state index in [-0.39, 0.29) is 5.91 Å². The van der Waals surface area contributed by atoms with Crippen molar-refractivity contribution in [1.29, 1.82) is 0 Å². The van der Waals surface area contributed by atoms with Crippen molar-refractivity contribution in [2.24, 2.45) is 5.73 Å². The monoisotopic (exact) mass is 277 g/mol. The van der Waals surface area contributed by atoms with Gasteiger partial charge in [0, 0.05) is 19.6 Å². The van der Waals surface area contributed by atoms with Gasteiger partial charge in [0.1, 0.15) is 5.75 Å². The molecular weight excluding hydrogens is 254 g/mol. The summed E-state index contributed by atoms with van der Waals surface area (Å²) in [6.45, 7) is 3.92. The largest absolute Gasteiger partial charge is 0.478 e. The second-order valence-electron chi connectivity index (χ2n) is 5.31. The van der Waals surface area contributed by atoms with E-state index < -0.39 is 6.10 Å². The summed E-state index contributed by atoms with van der Waals surface area (Å²) in [7, 11) is 4.00. The second kappa shape index (κ2) is 6.24. The Morgan fingerprint density at radius 3 is 2.75 bits per heavy atom. The van der Waals surface area contributed by atoms with Crippen molar-refractivity contribution in [2.75, 3.05) is 32.1 Å². The Balaban J connectivity index is 2.32. The minimum absolute atomic E-state index is 0.0438. The average molecular weight is 277 g/mol. The number of hydrogen-bond acceptors (Lipinski definition) is 4. The number of fused-ring (bicyclic) bond motifs is 1. The maximum Gasteiger partial charge on any atom is 0.268 e. The first-order valence-corrected chi connectivity index (χ1v) is 7.02. The van der Waals surface area contributed by atoms with E-state index in [0.29, 0.717) is 19.5 Å². The summed E-state index contributed by atoms with van der Waals surface area (Å²) in [6.07, 6.45) is 0.279. The summed E-state index contributed by atoms with van der Waals surface area (Å²) in [4.78, 5) is 16.3. The van der Waals surface area contributed by atoms with Gasteiger partial charge in [-0.25, -0.2) is 0 Å². The van der Waals surface area contributed by atoms with Crippen molar-refractivity contribution >= 4 is 11.6 Å². The fourth-order valence-electron chi connectivity index (χ4n) is 2.29. The number of rotatable bonds is 5. The number of likely N-dealkylation sites (N-methyl/N-ethyl adjacent to an activating group) is 1. The molecule has 0 saturated heterocycles. The van der Waals surface area contributed by atoms with Gasteiger partial charge in [0.2, 0.25) is 0 Å². The fraction of sp³-hybridized carbons (Fsp3) is 0.533. The van der Waals surface area contributed by atoms with Crippen LogP contribution in [0.1, 0.15) is 18.9 Å². The van der Waals surface area contributed by atoms with Crippen LogP contribution in [0.3, 0.4) is 0 Å². The highest BCUT2D eigenvalue weighted by Crippen LogP contribution is 2.35. The zero-order valence-electron chi connectivity index (χ0n) is 12.4. The van der Waals surface area contributed by atoms with Crippen molar-refractivity contribution in [2.45, 2.75) is 26.0 Å². The first kappa shape index (κ1) is 14.8. The molecule has 2 N–H and O–H groups in total. The van der Waals surface area contributed by atoms with Gasteiger partial charge in [-0.05, 0) is 38.2 Å². The third kappa shape index (κ3) is 2.94. The number of amides is 1. The lowest BCUT2D eigenvalue weighted by Crippen LogP contribution is -2.47. The van der Waals surface area contributed by atoms with E-state index in [1.165, 1.54) is 0 Å². The molecule has 1 atom stereocenters. The SMILES string of the molecule is CCC1Oc2cc(CN)ccc2N(CCN(C)C)C1=O. The predicted octanol–water partition coefficient (Wildman–Crippen LogP) is 1.21. The number of nitrogens with zero attached hydrogens (tertiary/aromatic N) is 2. The van der Waals surface area contributed by atoms with E-state index in [4.69, 9.17) is 10.5 Å². The van der Waals surface area contributed by atoms with E-state index in [1.807, 2.05) is 44.1 Å². The van der Waals surface area contributed by atoms with Crippen LogP contribution in [0.25, 0.3) is 0 Å². The molecule has 0 spiro atoms. The van der Waals surface area contributed by atoms with Crippen molar-refractivity contribution in [1.82, 2.24) is 4.90 Å². The molecule has 1 unspecified atom stereocenters. The standard InChI is InChI=1S/C15H23N3O2/c1-4-13-15(19)18(8-7-17(2)3)12-6-5-11(10-16)9-14(12)20-13/h5-6,9,13H,4,7-8,10,16H2,1-3H3. The zero-order chi connectivity index (χ0) is 14.7. The van der Waals surface area contributed by atoms with Crippen LogP contribution < -0.4 is 15.4 Å². The average Bonchev–Trinajstić information content (AvgIpc) is 2.44. The highest BCUT2D eigenvalue weighted by molar-refractivity contribution is 6.00. The van der Waals surface area contributed by atoms with Crippen LogP contribution in [0.5, 0.6) is 5.75 Å². The third-order valence-electron chi connectivity index (χ3n) is 3.50. The highest BCUT2D eigenvalue weighted by atomic mass is 16.5. The minimum Gasteiger partial charge on any atom is -0.478 e. The van der Waals surface area contributed by atoms with Gasteiger partial charge in [0.25, 0.3) is 5.91 Å². The highest BCUT2D eigenvalue weighted by Gasteiger charge is 2.33. The molecule has 0 saturated carbocycles. The van der Waals surface area contributed by atoms with Gasteiger partial charge in [0.15, 0.2) is 6.10 Å². The zero-order valence-corrected chi connectivity index (χ0v) is 12.4. The lowest BCUT2D eigenvalue weighted by molar-refractivity contribution is -0.126. The molecule has 0 aromatic heterocycles. The molecule has 0 aliphatic carbocycles. The Morgan fingerprint density at radius 1 is 1.40 bits per heavy atom. The molecule has 0 fully saturated rings. The van der Waals surface area contributed by atoms with Crippen LogP contribution in [0.4, 0.5) is 5.69 Å². The molecule has 2 rings (SSSR count). The molecule has 0 radical (unpaired) electrons. The van der Waals surface area contributed by atoms with E-state index in [0.717, 1.165) is 23.5 Å². The first-order valence-electron chi connectivity index (χ1n) is 7.02. The smallest absolute Gasteiger partial charge is 0.268 e. The van der Waals surface area contributed by atoms with Crippen molar-refractivity contribution < 1.29 is 9.53 Å². The molecule has 1 aliphatic heterocycles. The van der Waals surface area contributed by atoms with Gasteiger partial charge in [0.05, 0.1) is 5.69 Å². The number of hydrogen-bond donors (Lipinski definition) is 1. The maximum atomic E-state index is 12.4. The van der Waals surface area contributed by atoms with Crippen molar-refractivity contribution in [3.05, 3.63) is 23.8 Å². The van der Waals surface area contributed by atoms with Crippen LogP contribution in [-0.4, -0.2) is 44.1 Å². The summed E-state index contributed by atoms with van der Waals surface area (Å²) in [5, 5.41) is 0. The van der Waals surface area contributed by atoms with E-state index in [2.05, 4.69) is 4.90 Å². The topological polar surface area (TPSA) is 58.8 Å². The van der Waals surface area contributed by atoms with E-state index in [9.17, 15) is 4.79 Å². The van der Waals surface area contributed by atoms with E-state index in [1.54, 1.807) is 0 Å². The van der Waals surface area contributed by atoms with Crippen molar-refractivity contribution in [3.63, 3.8) is 0 Å². The molecule has 110 valence electrons. The number of nitrogens with two attached hydrogens (primary N) is 1. The lowest BCUT2D eigenvalue weighted by Gasteiger charge is -2.35. The van der Waals surface area contributed by atoms with Gasteiger partial charge in [-0.3, -0.25) is 4.79 Å². The summed E-state index contributed by atoms with van der Waals surface area (Å²) in [5.74, 6) is 0.806. The second-order valence-corrected chi connectivity index (χ2v) is 5.31. The third-order valence-corrected chi connectivity index (χ3v) is 3.50. The van der Waals surface area contributed by atoms with Gasteiger partial charge < -0.3 is 20.3 Å². The predicted molar refractivity (Wildman–Crippen MR) is 79.9 cm³/mol. The number of carbonyl (C=O) groups is 1. The summed E-state index contributed by atoms with van der Waals surface area (Å²) < 4.78 is 5.81. The quantitative estimate of drug-likeness (QED) is 0.879. The van der Waals surface area contributed by atoms with E-state index >= 15 is 0 Å². The molecule has 1 heterocycles. The van der Waals surface area contributed by atoms with Crippen LogP contribution in [-0.2, 0) is 11.3 Å². The number of benzene rings is 1. The fourth-order valence-corrected chi connectivity index (χ4v) is 2.29. The molecule has 1 aromatic carbocycles. The van der Waals surface area contributed by atoms with Crippen LogP contribution in [0.15, 0.2) is 18.2 Å². The Morgan fingerprint density at radius 2 is 2.15 bits per heavy atom. The first-order chi connectivity index (χ1) is 9.56. The van der Waals surface area contributed by atoms with Gasteiger partial charge in [-0.2, -0.15) is 0 Å². The van der Waals surface area contributed by atoms with Crippen molar-refractivity contribution in [3.8, 4) is 5.75 Å². The summed E-state index contributed by atoms with van der Waals surface area (Å²) in [6, 6.07) is 5.81. The molecule has 5 nitrogen and oxygen atoms in total. The molecular formula is C15H23N3O2. The van der Waals surface area contributed by atoms with Crippen LogP contribution in [0.2, 0.25) is 0 Å². The maximum absolute atomic E-state index is 12.4. The lowest BCUT2D eigenvalue weighted by atomic mass is 10.1. The minimum atomic E-state index is -0.391.